The number of halogens is 7. The molecule has 0 aliphatic heterocycles. The number of benzene rings is 2. The van der Waals surface area contributed by atoms with Gasteiger partial charge in [0.15, 0.2) is 11.6 Å². The molecule has 0 heterocycles. The molecule has 2 aromatic carbocycles. The van der Waals surface area contributed by atoms with Crippen LogP contribution in [0.1, 0.15) is 0 Å². The molecule has 0 aromatic heterocycles. The van der Waals surface area contributed by atoms with Crippen LogP contribution in [0.15, 0.2) is 0 Å². The molecule has 0 unspecified atom stereocenters. The zero-order chi connectivity index (χ0) is 12.9. The summed E-state index contributed by atoms with van der Waals surface area (Å²) in [5.74, 6) is -15.0. The summed E-state index contributed by atoms with van der Waals surface area (Å²) < 4.78 is 90.1. The van der Waals surface area contributed by atoms with Crippen molar-refractivity contribution in [3.05, 3.63) is 46.8 Å². The summed E-state index contributed by atoms with van der Waals surface area (Å²) in [6.45, 7) is 0. The largest absolute Gasteiger partial charge is 1.00 e. The average molecular weight is 317 g/mol. The quantitative estimate of drug-likeness (QED) is 0.229. The van der Waals surface area contributed by atoms with Crippen molar-refractivity contribution >= 4 is 10.8 Å². The van der Waals surface area contributed by atoms with Crippen molar-refractivity contribution in [2.24, 2.45) is 0 Å². The van der Waals surface area contributed by atoms with Crippen LogP contribution in [0.3, 0.4) is 0 Å². The van der Waals surface area contributed by atoms with Gasteiger partial charge in [-0.15, -0.1) is 0 Å². The fourth-order valence-electron chi connectivity index (χ4n) is 1.33. The minimum Gasteiger partial charge on any atom is -0.261 e. The van der Waals surface area contributed by atoms with Gasteiger partial charge in [0.25, 0.3) is 0 Å². The van der Waals surface area contributed by atoms with Crippen molar-refractivity contribution < 1.29 is 47.8 Å². The topological polar surface area (TPSA) is 0 Å². The van der Waals surface area contributed by atoms with Crippen molar-refractivity contribution in [3.8, 4) is 0 Å². The normalized spacial score (nSPS) is 10.6. The molecule has 0 nitrogen and oxygen atoms in total. The number of fused-ring (bicyclic) bond motifs is 1. The number of hydrogen-bond acceptors (Lipinski definition) is 0. The molecule has 0 N–H and O–H groups in total. The van der Waals surface area contributed by atoms with E-state index in [0.29, 0.717) is 0 Å². The molecule has 0 amide bonds. The van der Waals surface area contributed by atoms with Gasteiger partial charge in [0.05, 0.1) is 17.5 Å². The second-order valence-electron chi connectivity index (χ2n) is 3.07. The van der Waals surface area contributed by atoms with Crippen molar-refractivity contribution in [2.75, 3.05) is 0 Å². The maximum atomic E-state index is 13.1. The summed E-state index contributed by atoms with van der Waals surface area (Å²) in [7, 11) is 0. The Bertz CT molecular complexity index is 630. The van der Waals surface area contributed by atoms with Crippen LogP contribution in [-0.4, -0.2) is 0 Å². The third-order valence-corrected chi connectivity index (χ3v) is 2.11. The first kappa shape index (κ1) is 14.8. The van der Waals surface area contributed by atoms with Crippen molar-refractivity contribution in [1.29, 1.82) is 0 Å². The first-order valence-electron chi connectivity index (χ1n) is 4.07. The molecule has 0 radical (unpaired) electrons. The van der Waals surface area contributed by atoms with Crippen LogP contribution in [0.25, 0.3) is 10.8 Å². The van der Waals surface area contributed by atoms with E-state index in [9.17, 15) is 30.7 Å². The molecule has 8 heteroatoms. The summed E-state index contributed by atoms with van der Waals surface area (Å²) in [6.07, 6.45) is 0. The van der Waals surface area contributed by atoms with Gasteiger partial charge in [-0.3, -0.25) is 8.78 Å². The Hall–Kier alpha value is -1.27. The van der Waals surface area contributed by atoms with Crippen molar-refractivity contribution in [2.45, 2.75) is 0 Å². The minimum atomic E-state index is -2.31. The molecule has 0 saturated carbocycles. The van der Waals surface area contributed by atoms with E-state index in [2.05, 4.69) is 0 Å². The van der Waals surface area contributed by atoms with E-state index in [1.807, 2.05) is 0 Å². The molecular formula is C10CuF7. The summed E-state index contributed by atoms with van der Waals surface area (Å²) in [5, 5.41) is -2.86. The first-order valence-corrected chi connectivity index (χ1v) is 4.07. The molecule has 0 saturated heterocycles. The molecule has 0 atom stereocenters. The molecule has 0 fully saturated rings. The molecule has 0 aliphatic carbocycles. The van der Waals surface area contributed by atoms with Crippen molar-refractivity contribution in [3.63, 3.8) is 0 Å². The fraction of sp³-hybridized carbons (Fsp3) is 0. The predicted octanol–water partition coefficient (Wildman–Crippen LogP) is 3.61. The van der Waals surface area contributed by atoms with Gasteiger partial charge in [-0.1, -0.05) is 11.5 Å². The smallest absolute Gasteiger partial charge is 0.261 e. The van der Waals surface area contributed by atoms with E-state index >= 15 is 0 Å². The molecule has 100 valence electrons. The molecule has 2 rings (SSSR count). The van der Waals surface area contributed by atoms with Crippen LogP contribution < -0.4 is 0 Å². The summed E-state index contributed by atoms with van der Waals surface area (Å²) in [5.41, 5.74) is 0. The summed E-state index contributed by atoms with van der Waals surface area (Å²) >= 11 is 0. The van der Waals surface area contributed by atoms with Gasteiger partial charge >= 0.3 is 17.1 Å². The molecule has 0 aliphatic rings. The third-order valence-electron chi connectivity index (χ3n) is 2.11. The summed E-state index contributed by atoms with van der Waals surface area (Å²) in [6, 6.07) is 1.27. The second kappa shape index (κ2) is 4.78. The van der Waals surface area contributed by atoms with Crippen LogP contribution in [0.5, 0.6) is 0 Å². The molecule has 18 heavy (non-hydrogen) atoms. The number of hydrogen-bond donors (Lipinski definition) is 0. The Balaban J connectivity index is 0.00000162. The molecule has 2 aromatic rings. The SMILES string of the molecule is Fc1[c-]c2c(F)c(F)c(F)c(F)c2c(F)c1F.[Cu+]. The summed E-state index contributed by atoms with van der Waals surface area (Å²) in [4.78, 5) is 0. The van der Waals surface area contributed by atoms with Gasteiger partial charge in [0.1, 0.15) is 11.6 Å². The molecule has 0 bridgehead atoms. The maximum absolute atomic E-state index is 13.1. The van der Waals surface area contributed by atoms with E-state index in [1.54, 1.807) is 0 Å². The fourth-order valence-corrected chi connectivity index (χ4v) is 1.33. The monoisotopic (exact) mass is 316 g/mol. The predicted molar refractivity (Wildman–Crippen MR) is 42.5 cm³/mol. The van der Waals surface area contributed by atoms with E-state index in [-0.39, 0.29) is 17.1 Å². The van der Waals surface area contributed by atoms with Crippen LogP contribution in [0.4, 0.5) is 30.7 Å². The minimum absolute atomic E-state index is 0. The van der Waals surface area contributed by atoms with E-state index in [4.69, 9.17) is 0 Å². The van der Waals surface area contributed by atoms with E-state index < -0.39 is 51.5 Å². The third kappa shape index (κ3) is 1.85. The standard InChI is InChI=1S/C10F7.Cu/c11-3-1-2-4(7(14)6(3)13)8(15)10(17)9(16)5(2)12;/q-1;+1. The average Bonchev–Trinajstić information content (AvgIpc) is 2.30. The molecule has 0 spiro atoms. The van der Waals surface area contributed by atoms with Gasteiger partial charge in [-0.05, 0) is 5.39 Å². The zero-order valence-electron chi connectivity index (χ0n) is 7.95. The van der Waals surface area contributed by atoms with Gasteiger partial charge in [0, 0.05) is 0 Å². The number of rotatable bonds is 0. The maximum Gasteiger partial charge on any atom is 1.00 e. The van der Waals surface area contributed by atoms with Crippen LogP contribution in [0.2, 0.25) is 0 Å². The van der Waals surface area contributed by atoms with Gasteiger partial charge in [0.2, 0.25) is 0 Å². The van der Waals surface area contributed by atoms with E-state index in [1.165, 1.54) is 6.07 Å². The molecular weight excluding hydrogens is 317 g/mol. The van der Waals surface area contributed by atoms with Crippen LogP contribution >= 0.6 is 0 Å². The van der Waals surface area contributed by atoms with Gasteiger partial charge < -0.3 is 0 Å². The van der Waals surface area contributed by atoms with Crippen LogP contribution in [-0.2, 0) is 17.1 Å². The van der Waals surface area contributed by atoms with Gasteiger partial charge in [-0.2, -0.15) is 0 Å². The Morgan fingerprint density at radius 3 is 1.56 bits per heavy atom. The Labute approximate surface area is 106 Å². The van der Waals surface area contributed by atoms with Crippen molar-refractivity contribution in [1.82, 2.24) is 0 Å². The Morgan fingerprint density at radius 2 is 1.00 bits per heavy atom. The Kier molecular flexibility index (Phi) is 3.92. The second-order valence-corrected chi connectivity index (χ2v) is 3.07. The van der Waals surface area contributed by atoms with Gasteiger partial charge in [-0.25, -0.2) is 22.0 Å². The van der Waals surface area contributed by atoms with E-state index in [0.717, 1.165) is 0 Å². The Morgan fingerprint density at radius 1 is 0.556 bits per heavy atom. The van der Waals surface area contributed by atoms with Crippen LogP contribution in [0, 0.1) is 46.8 Å². The first-order chi connectivity index (χ1) is 7.86. The zero-order valence-corrected chi connectivity index (χ0v) is 8.89.